The zero-order valence-corrected chi connectivity index (χ0v) is 13.3. The van der Waals surface area contributed by atoms with E-state index in [0.29, 0.717) is 0 Å². The molecule has 0 amide bonds. The molecular formula is C9H3F6N4O5S2-. The first-order valence-electron chi connectivity index (χ1n) is 5.45. The summed E-state index contributed by atoms with van der Waals surface area (Å²) in [5, 5.41) is 4.92. The number of nitriles is 1. The zero-order chi connectivity index (χ0) is 21.2. The Balaban J connectivity index is 6.57. The first-order valence-corrected chi connectivity index (χ1v) is 8.44. The zero-order valence-electron chi connectivity index (χ0n) is 11.7. The van der Waals surface area contributed by atoms with E-state index in [9.17, 15) is 48.3 Å². The predicted octanol–water partition coefficient (Wildman–Crippen LogP) is 0.347. The van der Waals surface area contributed by atoms with Gasteiger partial charge < -0.3 is 5.11 Å². The molecule has 0 unspecified atom stereocenters. The normalized spacial score (nSPS) is 14.4. The van der Waals surface area contributed by atoms with Crippen molar-refractivity contribution in [1.82, 2.24) is 0 Å². The van der Waals surface area contributed by atoms with Crippen LogP contribution >= 0.6 is 0 Å². The van der Waals surface area contributed by atoms with Crippen molar-refractivity contribution in [2.75, 3.05) is 0 Å². The Hall–Kier alpha value is -2.58. The molecule has 0 rings (SSSR count). The average Bonchev–Trinajstić information content (AvgIpc) is 2.46. The fourth-order valence-electron chi connectivity index (χ4n) is 1.10. The maximum atomic E-state index is 13.6. The van der Waals surface area contributed by atoms with Gasteiger partial charge in [-0.3, -0.25) is 0 Å². The molecule has 26 heavy (non-hydrogen) atoms. The third kappa shape index (κ3) is 3.38. The van der Waals surface area contributed by atoms with Gasteiger partial charge in [-0.2, -0.15) is 44.4 Å². The van der Waals surface area contributed by atoms with Crippen molar-refractivity contribution in [3.63, 3.8) is 0 Å². The molecular weight excluding hydrogens is 422 g/mol. The van der Waals surface area contributed by atoms with Gasteiger partial charge in [-0.1, -0.05) is 0 Å². The van der Waals surface area contributed by atoms with E-state index in [2.05, 4.69) is 0 Å². The van der Waals surface area contributed by atoms with Gasteiger partial charge in [0.05, 0.1) is 12.5 Å². The van der Waals surface area contributed by atoms with Crippen LogP contribution in [0.5, 0.6) is 0 Å². The number of alkyl halides is 6. The highest BCUT2D eigenvalue weighted by molar-refractivity contribution is 7.93. The van der Waals surface area contributed by atoms with E-state index in [1.54, 1.807) is 14.1 Å². The summed E-state index contributed by atoms with van der Waals surface area (Å²) in [6.45, 7) is 12.3. The minimum absolute atomic E-state index is 0.914. The van der Waals surface area contributed by atoms with Crippen LogP contribution in [-0.2, 0) is 19.9 Å². The molecule has 0 spiro atoms. The van der Waals surface area contributed by atoms with E-state index in [1.165, 1.54) is 0 Å². The molecule has 0 aromatic carbocycles. The third-order valence-corrected chi connectivity index (χ3v) is 5.45. The lowest BCUT2D eigenvalue weighted by atomic mass is 10.3. The number of nitrogens with zero attached hydrogens (tertiary/aromatic N) is 4. The Morgan fingerprint density at radius 1 is 1.08 bits per heavy atom. The first kappa shape index (κ1) is 23.4. The van der Waals surface area contributed by atoms with Crippen molar-refractivity contribution in [1.29, 1.82) is 5.26 Å². The number of rotatable bonds is 7. The molecule has 0 bridgehead atoms. The van der Waals surface area contributed by atoms with E-state index in [1.807, 2.05) is 0 Å². The Morgan fingerprint density at radius 2 is 1.50 bits per heavy atom. The highest BCUT2D eigenvalue weighted by Gasteiger charge is 2.85. The lowest BCUT2D eigenvalue weighted by molar-refractivity contribution is -0.244. The van der Waals surface area contributed by atoms with Crippen LogP contribution in [0.15, 0.2) is 4.40 Å². The molecule has 17 heteroatoms. The second-order valence-corrected chi connectivity index (χ2v) is 7.70. The summed E-state index contributed by atoms with van der Waals surface area (Å²) in [5.74, 6) is -9.45. The second kappa shape index (κ2) is 6.97. The number of hydrogen-bond acceptors (Lipinski definition) is 6. The quantitative estimate of drug-likeness (QED) is 0.250. The van der Waals surface area contributed by atoms with Gasteiger partial charge >= 0.3 is 41.8 Å². The molecule has 0 aliphatic rings. The fraction of sp³-hybridized carbons (Fsp3) is 0.556. The average molecular weight is 425 g/mol. The smallest absolute Gasteiger partial charge is 0.584 e. The number of halogens is 6. The van der Waals surface area contributed by atoms with Crippen LogP contribution in [0.3, 0.4) is 0 Å². The van der Waals surface area contributed by atoms with Crippen molar-refractivity contribution in [2.45, 2.75) is 28.4 Å². The Kier molecular flexibility index (Phi) is 6.28. The van der Waals surface area contributed by atoms with Gasteiger partial charge in [-0.05, 0) is 5.90 Å². The minimum Gasteiger partial charge on any atom is -0.860 e. The Bertz CT molecular complexity index is 925. The van der Waals surface area contributed by atoms with E-state index < -0.39 is 54.1 Å². The van der Waals surface area contributed by atoms with Crippen LogP contribution in [-0.4, -0.2) is 44.7 Å². The molecule has 0 saturated carbocycles. The highest BCUT2D eigenvalue weighted by atomic mass is 32.2. The monoisotopic (exact) mass is 425 g/mol. The summed E-state index contributed by atoms with van der Waals surface area (Å²) < 4.78 is 127. The summed E-state index contributed by atoms with van der Waals surface area (Å²) in [6.07, 6.45) is -1.49. The van der Waals surface area contributed by atoms with Gasteiger partial charge in [-0.15, -0.1) is 0 Å². The minimum atomic E-state index is -7.23. The van der Waals surface area contributed by atoms with Crippen LogP contribution in [0.2, 0.25) is 0 Å². The van der Waals surface area contributed by atoms with Crippen LogP contribution in [0, 0.1) is 24.5 Å². The molecule has 0 atom stereocenters. The van der Waals surface area contributed by atoms with Crippen LogP contribution in [0.1, 0.15) is 6.42 Å². The predicted molar refractivity (Wildman–Crippen MR) is 67.3 cm³/mol. The molecule has 0 aromatic rings. The lowest BCUT2D eigenvalue weighted by Crippen LogP contribution is -2.61. The maximum Gasteiger partial charge on any atom is 0.584 e. The van der Waals surface area contributed by atoms with Gasteiger partial charge in [-0.25, -0.2) is 31.3 Å². The van der Waals surface area contributed by atoms with Crippen molar-refractivity contribution in [2.24, 2.45) is 4.40 Å². The third-order valence-electron chi connectivity index (χ3n) is 2.36. The summed E-state index contributed by atoms with van der Waals surface area (Å²) >= 11 is 0. The number of hydrogen-bond donors (Lipinski definition) is 0. The topological polar surface area (TPSA) is 136 Å². The molecule has 0 saturated heterocycles. The Labute approximate surface area is 141 Å². The van der Waals surface area contributed by atoms with Crippen LogP contribution < -0.4 is 5.11 Å². The van der Waals surface area contributed by atoms with E-state index in [0.717, 1.165) is 6.07 Å². The van der Waals surface area contributed by atoms with Gasteiger partial charge in [0.15, 0.2) is 0 Å². The lowest BCUT2D eigenvalue weighted by Gasteiger charge is -2.29. The summed E-state index contributed by atoms with van der Waals surface area (Å²) in [5.41, 5.74) is -3.57. The molecule has 0 radical (unpaired) electrons. The summed E-state index contributed by atoms with van der Waals surface area (Å²) in [4.78, 5) is 3.52. The van der Waals surface area contributed by atoms with Crippen LogP contribution in [0.25, 0.3) is 9.69 Å². The second-order valence-electron chi connectivity index (χ2n) is 4.03. The fourth-order valence-corrected chi connectivity index (χ4v) is 3.09. The maximum absolute atomic E-state index is 13.6. The molecule has 144 valence electrons. The van der Waals surface area contributed by atoms with Crippen molar-refractivity contribution in [3.8, 4) is 6.07 Å². The van der Waals surface area contributed by atoms with Crippen LogP contribution in [0.4, 0.5) is 26.3 Å². The molecule has 0 aliphatic carbocycles. The van der Waals surface area contributed by atoms with Gasteiger partial charge in [0.2, 0.25) is 0 Å². The SMILES string of the molecule is [C-]#[N+]C([N+]#[C-])S(=O)(=O)C(F)(F)C(F)(F)C(F)(F)S(=O)(=O)N=C([O-])CC#N. The van der Waals surface area contributed by atoms with Gasteiger partial charge in [0.1, 0.15) is 0 Å². The van der Waals surface area contributed by atoms with E-state index >= 15 is 0 Å². The van der Waals surface area contributed by atoms with E-state index in [-0.39, 0.29) is 0 Å². The van der Waals surface area contributed by atoms with Crippen molar-refractivity contribution in [3.05, 3.63) is 22.8 Å². The van der Waals surface area contributed by atoms with E-state index in [4.69, 9.17) is 18.4 Å². The molecule has 0 fully saturated rings. The number of sulfonamides is 1. The first-order chi connectivity index (χ1) is 11.5. The molecule has 9 nitrogen and oxygen atoms in total. The molecule has 0 heterocycles. The Morgan fingerprint density at radius 3 is 1.85 bits per heavy atom. The largest absolute Gasteiger partial charge is 0.860 e. The van der Waals surface area contributed by atoms with Crippen molar-refractivity contribution >= 4 is 25.8 Å². The van der Waals surface area contributed by atoms with Crippen molar-refractivity contribution < 1.29 is 48.3 Å². The summed E-state index contributed by atoms with van der Waals surface area (Å²) in [7, 11) is -14.0. The summed E-state index contributed by atoms with van der Waals surface area (Å²) in [6, 6.07) is 0.914. The molecule has 0 aromatic heterocycles. The number of sulfone groups is 1. The molecule has 0 aliphatic heterocycles. The standard InChI is InChI=1S/C9H4F6N4O5S2/c1-17-6(18-2)25(21,22)8(12,13)7(10,11)9(14,15)26(23,24)19-5(20)3-4-16/h6H,3H2,(H,19,20)/p-1. The van der Waals surface area contributed by atoms with Gasteiger partial charge in [0.25, 0.3) is 0 Å². The highest BCUT2D eigenvalue weighted by Crippen LogP contribution is 2.52. The van der Waals surface area contributed by atoms with Gasteiger partial charge in [0, 0.05) is 0 Å². The molecule has 0 N–H and O–H groups in total.